The van der Waals surface area contributed by atoms with Crippen LogP contribution in [0.1, 0.15) is 50.0 Å². The molecule has 0 radical (unpaired) electrons. The van der Waals surface area contributed by atoms with Crippen LogP contribution in [0.25, 0.3) is 0 Å². The first-order chi connectivity index (χ1) is 10.5. The molecule has 6 nitrogen and oxygen atoms in total. The molecule has 1 aromatic carbocycles. The summed E-state index contributed by atoms with van der Waals surface area (Å²) in [5, 5.41) is 23.1. The topological polar surface area (TPSA) is 105 Å². The number of amides is 1. The third-order valence-electron chi connectivity index (χ3n) is 3.38. The van der Waals surface area contributed by atoms with Gasteiger partial charge in [0.05, 0.1) is 6.10 Å². The molecule has 130 valence electrons. The molecule has 2 atom stereocenters. The predicted octanol–water partition coefficient (Wildman–Crippen LogP) is 2.19. The van der Waals surface area contributed by atoms with E-state index in [-0.39, 0.29) is 13.0 Å². The van der Waals surface area contributed by atoms with Gasteiger partial charge in [-0.05, 0) is 69.9 Å². The summed E-state index contributed by atoms with van der Waals surface area (Å²) in [7, 11) is 0. The summed E-state index contributed by atoms with van der Waals surface area (Å²) in [4.78, 5) is 11.5. The Hall–Kier alpha value is -1.79. The average molecular weight is 324 g/mol. The van der Waals surface area contributed by atoms with Crippen LogP contribution < -0.4 is 11.1 Å². The van der Waals surface area contributed by atoms with Crippen molar-refractivity contribution in [2.24, 2.45) is 0 Å². The van der Waals surface area contributed by atoms with Gasteiger partial charge in [-0.3, -0.25) is 0 Å². The highest BCUT2D eigenvalue weighted by atomic mass is 16.6. The van der Waals surface area contributed by atoms with Crippen LogP contribution in [-0.2, 0) is 4.74 Å². The van der Waals surface area contributed by atoms with Gasteiger partial charge >= 0.3 is 6.09 Å². The third kappa shape index (κ3) is 6.08. The number of alkyl carbamates (subject to hydrolysis) is 1. The highest BCUT2D eigenvalue weighted by Gasteiger charge is 2.22. The molecule has 6 heteroatoms. The summed E-state index contributed by atoms with van der Waals surface area (Å²) in [6.45, 7) is 9.22. The van der Waals surface area contributed by atoms with Crippen molar-refractivity contribution in [3.8, 4) is 0 Å². The number of hydrogen-bond donors (Lipinski definition) is 4. The van der Waals surface area contributed by atoms with E-state index in [0.29, 0.717) is 11.3 Å². The molecule has 2 unspecified atom stereocenters. The van der Waals surface area contributed by atoms with Crippen molar-refractivity contribution in [2.75, 3.05) is 12.3 Å². The zero-order valence-electron chi connectivity index (χ0n) is 14.5. The lowest BCUT2D eigenvalue weighted by molar-refractivity contribution is 0.0116. The van der Waals surface area contributed by atoms with Gasteiger partial charge in [0.2, 0.25) is 0 Å². The van der Waals surface area contributed by atoms with Crippen LogP contribution >= 0.6 is 0 Å². The Labute approximate surface area is 137 Å². The predicted molar refractivity (Wildman–Crippen MR) is 90.1 cm³/mol. The normalized spacial score (nSPS) is 14.2. The molecular formula is C17H28N2O4. The Bertz CT molecular complexity index is 529. The van der Waals surface area contributed by atoms with Crippen LogP contribution in [-0.4, -0.2) is 34.6 Å². The standard InChI is InChI=1S/C17H28N2O4/c1-10-8-12(18)9-11(2)14(10)15(21)13(20)6-7-19-16(22)23-17(3,4)5/h8-9,13,15,20-21H,6-7,18H2,1-5H3,(H,19,22). The number of nitrogen functional groups attached to an aromatic ring is 1. The number of hydrogen-bond acceptors (Lipinski definition) is 5. The lowest BCUT2D eigenvalue weighted by Crippen LogP contribution is -2.34. The van der Waals surface area contributed by atoms with Gasteiger partial charge in [-0.1, -0.05) is 0 Å². The van der Waals surface area contributed by atoms with Gasteiger partial charge in [0.25, 0.3) is 0 Å². The van der Waals surface area contributed by atoms with E-state index in [9.17, 15) is 15.0 Å². The van der Waals surface area contributed by atoms with Crippen molar-refractivity contribution >= 4 is 11.8 Å². The summed E-state index contributed by atoms with van der Waals surface area (Å²) < 4.78 is 5.11. The number of rotatable bonds is 5. The van der Waals surface area contributed by atoms with Gasteiger partial charge in [0, 0.05) is 12.2 Å². The van der Waals surface area contributed by atoms with Crippen molar-refractivity contribution in [2.45, 2.75) is 58.8 Å². The number of nitrogens with two attached hydrogens (primary N) is 1. The first-order valence-corrected chi connectivity index (χ1v) is 7.71. The minimum Gasteiger partial charge on any atom is -0.444 e. The van der Waals surface area contributed by atoms with Crippen LogP contribution in [0.3, 0.4) is 0 Å². The maximum Gasteiger partial charge on any atom is 0.407 e. The van der Waals surface area contributed by atoms with Crippen molar-refractivity contribution < 1.29 is 19.7 Å². The average Bonchev–Trinajstić information content (AvgIpc) is 2.34. The zero-order chi connectivity index (χ0) is 17.8. The number of benzene rings is 1. The van der Waals surface area contributed by atoms with E-state index >= 15 is 0 Å². The quantitative estimate of drug-likeness (QED) is 0.622. The van der Waals surface area contributed by atoms with E-state index < -0.39 is 23.9 Å². The molecule has 0 heterocycles. The molecular weight excluding hydrogens is 296 g/mol. The molecule has 23 heavy (non-hydrogen) atoms. The monoisotopic (exact) mass is 324 g/mol. The van der Waals surface area contributed by atoms with Crippen LogP contribution in [0.15, 0.2) is 12.1 Å². The van der Waals surface area contributed by atoms with Crippen molar-refractivity contribution in [1.29, 1.82) is 0 Å². The molecule has 1 amide bonds. The van der Waals surface area contributed by atoms with Gasteiger partial charge in [-0.25, -0.2) is 4.79 Å². The maximum atomic E-state index is 11.5. The molecule has 1 aromatic rings. The summed E-state index contributed by atoms with van der Waals surface area (Å²) in [6, 6.07) is 3.52. The number of anilines is 1. The van der Waals surface area contributed by atoms with E-state index in [4.69, 9.17) is 10.5 Å². The molecule has 5 N–H and O–H groups in total. The summed E-state index contributed by atoms with van der Waals surface area (Å²) >= 11 is 0. The molecule has 0 aliphatic rings. The van der Waals surface area contributed by atoms with Crippen molar-refractivity contribution in [1.82, 2.24) is 5.32 Å². The number of aryl methyl sites for hydroxylation is 2. The molecule has 0 bridgehead atoms. The second kappa shape index (κ2) is 7.66. The number of nitrogens with one attached hydrogen (secondary N) is 1. The van der Waals surface area contributed by atoms with Gasteiger partial charge in [-0.2, -0.15) is 0 Å². The summed E-state index contributed by atoms with van der Waals surface area (Å²) in [5.41, 5.74) is 8.14. The molecule has 0 aliphatic carbocycles. The molecule has 0 spiro atoms. The van der Waals surface area contributed by atoms with Gasteiger partial charge < -0.3 is 26.0 Å². The molecule has 0 saturated heterocycles. The van der Waals surface area contributed by atoms with E-state index in [0.717, 1.165) is 11.1 Å². The SMILES string of the molecule is Cc1cc(N)cc(C)c1C(O)C(O)CCNC(=O)OC(C)(C)C. The fraction of sp³-hybridized carbons (Fsp3) is 0.588. The summed E-state index contributed by atoms with van der Waals surface area (Å²) in [6.07, 6.45) is -2.36. The molecule has 0 aromatic heterocycles. The summed E-state index contributed by atoms with van der Waals surface area (Å²) in [5.74, 6) is 0. The second-order valence-corrected chi connectivity index (χ2v) is 6.80. The van der Waals surface area contributed by atoms with Crippen LogP contribution in [0.2, 0.25) is 0 Å². The lowest BCUT2D eigenvalue weighted by atomic mass is 9.93. The number of aliphatic hydroxyl groups is 2. The number of ether oxygens (including phenoxy) is 1. The van der Waals surface area contributed by atoms with Crippen LogP contribution in [0, 0.1) is 13.8 Å². The Balaban J connectivity index is 2.59. The number of carbonyl (C=O) groups is 1. The molecule has 1 rings (SSSR count). The molecule has 0 fully saturated rings. The Morgan fingerprint density at radius 3 is 2.26 bits per heavy atom. The van der Waals surface area contributed by atoms with Crippen LogP contribution in [0.5, 0.6) is 0 Å². The van der Waals surface area contributed by atoms with E-state index in [1.807, 2.05) is 13.8 Å². The first kappa shape index (κ1) is 19.3. The largest absolute Gasteiger partial charge is 0.444 e. The van der Waals surface area contributed by atoms with Gasteiger partial charge in [-0.15, -0.1) is 0 Å². The minimum absolute atomic E-state index is 0.209. The zero-order valence-corrected chi connectivity index (χ0v) is 14.5. The highest BCUT2D eigenvalue weighted by Crippen LogP contribution is 2.27. The van der Waals surface area contributed by atoms with Crippen molar-refractivity contribution in [3.63, 3.8) is 0 Å². The maximum absolute atomic E-state index is 11.5. The number of aliphatic hydroxyl groups excluding tert-OH is 2. The van der Waals surface area contributed by atoms with Gasteiger partial charge in [0.1, 0.15) is 11.7 Å². The van der Waals surface area contributed by atoms with Crippen LogP contribution in [0.4, 0.5) is 10.5 Å². The lowest BCUT2D eigenvalue weighted by Gasteiger charge is -2.23. The van der Waals surface area contributed by atoms with Gasteiger partial charge in [0.15, 0.2) is 0 Å². The van der Waals surface area contributed by atoms with E-state index in [1.54, 1.807) is 32.9 Å². The first-order valence-electron chi connectivity index (χ1n) is 7.71. The number of carbonyl (C=O) groups excluding carboxylic acids is 1. The third-order valence-corrected chi connectivity index (χ3v) is 3.38. The molecule has 0 aliphatic heterocycles. The molecule has 0 saturated carbocycles. The van der Waals surface area contributed by atoms with E-state index in [2.05, 4.69) is 5.32 Å². The highest BCUT2D eigenvalue weighted by molar-refractivity contribution is 5.67. The minimum atomic E-state index is -1.03. The fourth-order valence-corrected chi connectivity index (χ4v) is 2.46. The fourth-order valence-electron chi connectivity index (χ4n) is 2.46. The smallest absolute Gasteiger partial charge is 0.407 e. The second-order valence-electron chi connectivity index (χ2n) is 6.80. The Morgan fingerprint density at radius 1 is 1.26 bits per heavy atom. The Morgan fingerprint density at radius 2 is 1.78 bits per heavy atom. The Kier molecular flexibility index (Phi) is 6.41. The van der Waals surface area contributed by atoms with E-state index in [1.165, 1.54) is 0 Å². The van der Waals surface area contributed by atoms with Crippen molar-refractivity contribution in [3.05, 3.63) is 28.8 Å².